The zero-order chi connectivity index (χ0) is 9.14. The standard InChI is InChI=1S/C8H16O4/c1-5(2)8-11-6(3-9)7(4-10)12-8/h5-10H,3-4H2,1-2H3/t6-,7-/m1/s1/i3+2,4+2. The summed E-state index contributed by atoms with van der Waals surface area (Å²) in [5.74, 6) is 0.246. The molecular weight excluding hydrogens is 164 g/mol. The molecule has 1 heterocycles. The van der Waals surface area contributed by atoms with Crippen LogP contribution in [0.2, 0.25) is 0 Å². The van der Waals surface area contributed by atoms with Crippen molar-refractivity contribution >= 4 is 0 Å². The number of hydrogen-bond donors (Lipinski definition) is 2. The predicted octanol–water partition coefficient (Wildman–Crippen LogP) is -0.263. The van der Waals surface area contributed by atoms with Gasteiger partial charge < -0.3 is 19.7 Å². The van der Waals surface area contributed by atoms with Crippen molar-refractivity contribution in [3.05, 3.63) is 0 Å². The van der Waals surface area contributed by atoms with Gasteiger partial charge in [0.25, 0.3) is 0 Å². The quantitative estimate of drug-likeness (QED) is 0.628. The average Bonchev–Trinajstić information content (AvgIpc) is 2.46. The van der Waals surface area contributed by atoms with Crippen LogP contribution in [0.25, 0.3) is 0 Å². The van der Waals surface area contributed by atoms with Crippen molar-refractivity contribution in [2.45, 2.75) is 32.3 Å². The van der Waals surface area contributed by atoms with E-state index in [0.717, 1.165) is 0 Å². The van der Waals surface area contributed by atoms with Gasteiger partial charge in [-0.3, -0.25) is 0 Å². The largest absolute Gasteiger partial charge is 0.394 e. The normalized spacial score (nSPS) is 31.8. The van der Waals surface area contributed by atoms with Crippen molar-refractivity contribution in [2.75, 3.05) is 13.2 Å². The van der Waals surface area contributed by atoms with Gasteiger partial charge in [0.2, 0.25) is 0 Å². The van der Waals surface area contributed by atoms with Gasteiger partial charge >= 0.3 is 0 Å². The number of aliphatic hydroxyl groups excluding tert-OH is 2. The highest BCUT2D eigenvalue weighted by molar-refractivity contribution is 4.77. The monoisotopic (exact) mass is 180 g/mol. The highest BCUT2D eigenvalue weighted by atomic mass is 16.8. The predicted molar refractivity (Wildman–Crippen MR) is 42.5 cm³/mol. The summed E-state index contributed by atoms with van der Waals surface area (Å²) in [6, 6.07) is 0. The molecule has 4 heteroatoms. The van der Waals surface area contributed by atoms with Crippen LogP contribution in [0.1, 0.15) is 13.8 Å². The second-order valence-electron chi connectivity index (χ2n) is 3.33. The van der Waals surface area contributed by atoms with Crippen molar-refractivity contribution in [1.82, 2.24) is 0 Å². The maximum atomic E-state index is 8.85. The maximum Gasteiger partial charge on any atom is 0.161 e. The smallest absolute Gasteiger partial charge is 0.161 e. The summed E-state index contributed by atoms with van der Waals surface area (Å²) in [6.07, 6.45) is -1.04. The summed E-state index contributed by atoms with van der Waals surface area (Å²) < 4.78 is 10.7. The van der Waals surface area contributed by atoms with E-state index in [2.05, 4.69) is 0 Å². The summed E-state index contributed by atoms with van der Waals surface area (Å²) in [5, 5.41) is 17.7. The SMILES string of the molecule is CC(C)C1O[C@H]([14CH2]O)[C@@H]([14CH2]O)O1. The number of ether oxygens (including phenoxy) is 2. The van der Waals surface area contributed by atoms with Crippen molar-refractivity contribution in [2.24, 2.45) is 5.92 Å². The van der Waals surface area contributed by atoms with Gasteiger partial charge in [-0.1, -0.05) is 13.8 Å². The molecule has 72 valence electrons. The van der Waals surface area contributed by atoms with Crippen LogP contribution in [0.4, 0.5) is 0 Å². The van der Waals surface area contributed by atoms with Gasteiger partial charge in [0.1, 0.15) is 12.2 Å². The topological polar surface area (TPSA) is 58.9 Å². The van der Waals surface area contributed by atoms with E-state index in [9.17, 15) is 0 Å². The molecule has 0 saturated carbocycles. The van der Waals surface area contributed by atoms with Crippen molar-refractivity contribution < 1.29 is 19.7 Å². The molecular formula is C8H16O4. The summed E-state index contributed by atoms with van der Waals surface area (Å²) in [5.41, 5.74) is 0. The Hall–Kier alpha value is -0.160. The summed E-state index contributed by atoms with van der Waals surface area (Å²) in [6.45, 7) is 3.74. The molecule has 0 aromatic heterocycles. The van der Waals surface area contributed by atoms with Gasteiger partial charge in [-0.05, 0) is 0 Å². The molecule has 2 N–H and O–H groups in total. The Morgan fingerprint density at radius 1 is 1.08 bits per heavy atom. The van der Waals surface area contributed by atoms with E-state index in [-0.39, 0.29) is 37.6 Å². The molecule has 0 bridgehead atoms. The molecule has 0 radical (unpaired) electrons. The van der Waals surface area contributed by atoms with Crippen LogP contribution in [0, 0.1) is 5.92 Å². The van der Waals surface area contributed by atoms with E-state index in [1.165, 1.54) is 0 Å². The van der Waals surface area contributed by atoms with Gasteiger partial charge in [-0.25, -0.2) is 0 Å². The van der Waals surface area contributed by atoms with Crippen molar-refractivity contribution in [3.8, 4) is 0 Å². The minimum absolute atomic E-state index is 0.103. The van der Waals surface area contributed by atoms with Gasteiger partial charge in [0.05, 0.1) is 13.2 Å². The molecule has 0 spiro atoms. The lowest BCUT2D eigenvalue weighted by molar-refractivity contribution is -0.102. The third-order valence-corrected chi connectivity index (χ3v) is 1.94. The Morgan fingerprint density at radius 2 is 1.50 bits per heavy atom. The fourth-order valence-electron chi connectivity index (χ4n) is 1.19. The number of hydrogen-bond acceptors (Lipinski definition) is 4. The Kier molecular flexibility index (Phi) is 3.46. The van der Waals surface area contributed by atoms with Crippen LogP contribution >= 0.6 is 0 Å². The van der Waals surface area contributed by atoms with Crippen LogP contribution in [0.5, 0.6) is 0 Å². The van der Waals surface area contributed by atoms with E-state index in [1.807, 2.05) is 13.8 Å². The van der Waals surface area contributed by atoms with Crippen LogP contribution in [0.15, 0.2) is 0 Å². The first kappa shape index (κ1) is 9.92. The Morgan fingerprint density at radius 3 is 1.75 bits per heavy atom. The molecule has 0 aromatic carbocycles. The molecule has 2 atom stereocenters. The zero-order valence-electron chi connectivity index (χ0n) is 7.43. The second kappa shape index (κ2) is 4.18. The Labute approximate surface area is 72.1 Å². The molecule has 1 aliphatic rings. The molecule has 0 aromatic rings. The van der Waals surface area contributed by atoms with E-state index >= 15 is 0 Å². The molecule has 0 unspecified atom stereocenters. The van der Waals surface area contributed by atoms with Gasteiger partial charge in [0, 0.05) is 5.92 Å². The van der Waals surface area contributed by atoms with Crippen LogP contribution in [0.3, 0.4) is 0 Å². The molecule has 12 heavy (non-hydrogen) atoms. The molecule has 1 aliphatic heterocycles. The fraction of sp³-hybridized carbons (Fsp3) is 1.00. The lowest BCUT2D eigenvalue weighted by atomic mass is 10.2. The first-order chi connectivity index (χ1) is 5.69. The first-order valence-corrected chi connectivity index (χ1v) is 4.21. The van der Waals surface area contributed by atoms with E-state index in [0.29, 0.717) is 0 Å². The van der Waals surface area contributed by atoms with E-state index < -0.39 is 0 Å². The van der Waals surface area contributed by atoms with Gasteiger partial charge in [-0.2, -0.15) is 0 Å². The highest BCUT2D eigenvalue weighted by Gasteiger charge is 2.36. The highest BCUT2D eigenvalue weighted by Crippen LogP contribution is 2.23. The minimum Gasteiger partial charge on any atom is -0.394 e. The van der Waals surface area contributed by atoms with E-state index in [1.54, 1.807) is 0 Å². The Bertz CT molecular complexity index is 125. The maximum absolute atomic E-state index is 8.85. The molecule has 4 nitrogen and oxygen atoms in total. The fourth-order valence-corrected chi connectivity index (χ4v) is 1.19. The summed E-state index contributed by atoms with van der Waals surface area (Å²) >= 11 is 0. The van der Waals surface area contributed by atoms with Gasteiger partial charge in [-0.15, -0.1) is 0 Å². The third-order valence-electron chi connectivity index (χ3n) is 1.94. The lowest BCUT2D eigenvalue weighted by Crippen LogP contribution is -2.29. The summed E-state index contributed by atoms with van der Waals surface area (Å²) in [7, 11) is 0. The number of rotatable bonds is 3. The van der Waals surface area contributed by atoms with Crippen molar-refractivity contribution in [3.63, 3.8) is 0 Å². The molecule has 1 saturated heterocycles. The van der Waals surface area contributed by atoms with E-state index in [4.69, 9.17) is 19.7 Å². The molecule has 0 amide bonds. The average molecular weight is 180 g/mol. The van der Waals surface area contributed by atoms with Crippen LogP contribution in [-0.4, -0.2) is 41.9 Å². The third kappa shape index (κ3) is 1.95. The number of aliphatic hydroxyl groups is 2. The summed E-state index contributed by atoms with van der Waals surface area (Å²) in [4.78, 5) is 0. The molecule has 1 rings (SSSR count). The minimum atomic E-state index is -0.373. The van der Waals surface area contributed by atoms with Crippen molar-refractivity contribution in [1.29, 1.82) is 0 Å². The molecule has 0 aliphatic carbocycles. The lowest BCUT2D eigenvalue weighted by Gasteiger charge is -2.13. The zero-order valence-corrected chi connectivity index (χ0v) is 7.43. The van der Waals surface area contributed by atoms with Gasteiger partial charge in [0.15, 0.2) is 6.29 Å². The van der Waals surface area contributed by atoms with Crippen LogP contribution < -0.4 is 0 Å². The van der Waals surface area contributed by atoms with Crippen LogP contribution in [-0.2, 0) is 9.47 Å². The Balaban J connectivity index is 2.47. The second-order valence-corrected chi connectivity index (χ2v) is 3.33. The first-order valence-electron chi connectivity index (χ1n) is 4.21. The molecule has 1 fully saturated rings.